The van der Waals surface area contributed by atoms with Gasteiger partial charge in [-0.3, -0.25) is 0 Å². The molecule has 0 aliphatic heterocycles. The van der Waals surface area contributed by atoms with E-state index in [0.29, 0.717) is 37.1 Å². The minimum absolute atomic E-state index is 0.0492. The Morgan fingerprint density at radius 1 is 1.04 bits per heavy atom. The summed E-state index contributed by atoms with van der Waals surface area (Å²) in [7, 11) is 4.69. The number of allylic oxidation sites excluding steroid dienone is 2. The van der Waals surface area contributed by atoms with Crippen molar-refractivity contribution in [2.24, 2.45) is 0 Å². The van der Waals surface area contributed by atoms with Crippen LogP contribution in [0.5, 0.6) is 17.2 Å². The topological polar surface area (TPSA) is 72.5 Å². The van der Waals surface area contributed by atoms with Gasteiger partial charge in [-0.2, -0.15) is 0 Å². The number of ether oxygens (including phenoxy) is 6. The molecule has 0 bridgehead atoms. The Balaban J connectivity index is 2.82. The fourth-order valence-corrected chi connectivity index (χ4v) is 1.93. The molecule has 0 radical (unpaired) electrons. The number of hydrogen-bond donors (Lipinski definition) is 0. The van der Waals surface area contributed by atoms with E-state index in [1.165, 1.54) is 6.08 Å². The second-order valence-corrected chi connectivity index (χ2v) is 4.89. The standard InChI is InChI=1S/C19H26O7/c1-5-25-18(20)9-7-6-8-15-12-16(22-3)19(17(13-15)23-4)26-14-24-11-10-21-2/h6-9,12-13H,5,10-11,14H2,1-4H3. The first-order valence-electron chi connectivity index (χ1n) is 8.13. The van der Waals surface area contributed by atoms with Gasteiger partial charge in [0.15, 0.2) is 18.3 Å². The lowest BCUT2D eigenvalue weighted by molar-refractivity contribution is -0.137. The Morgan fingerprint density at radius 2 is 1.73 bits per heavy atom. The second kappa shape index (κ2) is 12.8. The molecule has 0 unspecified atom stereocenters. The lowest BCUT2D eigenvalue weighted by Gasteiger charge is -2.15. The smallest absolute Gasteiger partial charge is 0.330 e. The third-order valence-electron chi connectivity index (χ3n) is 3.12. The van der Waals surface area contributed by atoms with Gasteiger partial charge in [0.1, 0.15) is 0 Å². The van der Waals surface area contributed by atoms with Crippen molar-refractivity contribution in [1.29, 1.82) is 0 Å². The van der Waals surface area contributed by atoms with Crippen molar-refractivity contribution in [3.63, 3.8) is 0 Å². The zero-order valence-electron chi connectivity index (χ0n) is 15.7. The van der Waals surface area contributed by atoms with Crippen molar-refractivity contribution in [2.45, 2.75) is 6.92 Å². The molecule has 0 saturated heterocycles. The van der Waals surface area contributed by atoms with Crippen molar-refractivity contribution in [1.82, 2.24) is 0 Å². The molecule has 7 nitrogen and oxygen atoms in total. The number of methoxy groups -OCH3 is 3. The maximum absolute atomic E-state index is 11.2. The Kier molecular flexibility index (Phi) is 10.6. The normalized spacial score (nSPS) is 11.1. The highest BCUT2D eigenvalue weighted by molar-refractivity contribution is 5.82. The molecule has 0 aliphatic carbocycles. The van der Waals surface area contributed by atoms with Crippen LogP contribution in [0.15, 0.2) is 30.4 Å². The zero-order chi connectivity index (χ0) is 19.2. The molecule has 7 heteroatoms. The summed E-state index contributed by atoms with van der Waals surface area (Å²) < 4.78 is 31.4. The van der Waals surface area contributed by atoms with E-state index in [2.05, 4.69) is 0 Å². The molecule has 0 aromatic heterocycles. The van der Waals surface area contributed by atoms with Gasteiger partial charge in [0.2, 0.25) is 5.75 Å². The van der Waals surface area contributed by atoms with Crippen LogP contribution in [-0.2, 0) is 19.0 Å². The Morgan fingerprint density at radius 3 is 2.31 bits per heavy atom. The van der Waals surface area contributed by atoms with E-state index in [1.54, 1.807) is 58.6 Å². The summed E-state index contributed by atoms with van der Waals surface area (Å²) in [6.07, 6.45) is 6.48. The first-order valence-corrected chi connectivity index (χ1v) is 8.13. The van der Waals surface area contributed by atoms with E-state index < -0.39 is 0 Å². The quantitative estimate of drug-likeness (QED) is 0.185. The van der Waals surface area contributed by atoms with Crippen LogP contribution in [0.25, 0.3) is 6.08 Å². The lowest BCUT2D eigenvalue weighted by atomic mass is 10.1. The zero-order valence-corrected chi connectivity index (χ0v) is 15.7. The highest BCUT2D eigenvalue weighted by Gasteiger charge is 2.13. The fraction of sp³-hybridized carbons (Fsp3) is 0.421. The summed E-state index contributed by atoms with van der Waals surface area (Å²) in [5.74, 6) is 1.08. The van der Waals surface area contributed by atoms with E-state index in [0.717, 1.165) is 5.56 Å². The van der Waals surface area contributed by atoms with E-state index in [-0.39, 0.29) is 12.8 Å². The molecule has 1 aromatic rings. The molecule has 1 aromatic carbocycles. The maximum atomic E-state index is 11.2. The average Bonchev–Trinajstić information content (AvgIpc) is 2.65. The Hall–Kier alpha value is -2.51. The van der Waals surface area contributed by atoms with Gasteiger partial charge in [0.05, 0.1) is 34.0 Å². The van der Waals surface area contributed by atoms with Gasteiger partial charge in [0, 0.05) is 13.2 Å². The Bertz CT molecular complexity index is 583. The van der Waals surface area contributed by atoms with Gasteiger partial charge in [0.25, 0.3) is 0 Å². The van der Waals surface area contributed by atoms with Crippen LogP contribution >= 0.6 is 0 Å². The molecule has 0 amide bonds. The molecule has 0 atom stereocenters. The molecule has 0 N–H and O–H groups in total. The third kappa shape index (κ3) is 7.58. The van der Waals surface area contributed by atoms with Crippen LogP contribution in [0.4, 0.5) is 0 Å². The van der Waals surface area contributed by atoms with Crippen molar-refractivity contribution >= 4 is 12.0 Å². The molecule has 1 rings (SSSR count). The van der Waals surface area contributed by atoms with Crippen LogP contribution in [0.2, 0.25) is 0 Å². The number of carbonyl (C=O) groups is 1. The van der Waals surface area contributed by atoms with E-state index >= 15 is 0 Å². The number of esters is 1. The predicted octanol–water partition coefficient (Wildman–Crippen LogP) is 2.84. The predicted molar refractivity (Wildman–Crippen MR) is 97.7 cm³/mol. The number of carbonyl (C=O) groups excluding carboxylic acids is 1. The van der Waals surface area contributed by atoms with Crippen molar-refractivity contribution in [3.05, 3.63) is 35.9 Å². The summed E-state index contributed by atoms with van der Waals surface area (Å²) in [5, 5.41) is 0. The van der Waals surface area contributed by atoms with Gasteiger partial charge in [-0.25, -0.2) is 4.79 Å². The largest absolute Gasteiger partial charge is 0.493 e. The molecule has 144 valence electrons. The van der Waals surface area contributed by atoms with Gasteiger partial charge >= 0.3 is 5.97 Å². The highest BCUT2D eigenvalue weighted by atomic mass is 16.7. The fourth-order valence-electron chi connectivity index (χ4n) is 1.93. The van der Waals surface area contributed by atoms with Crippen LogP contribution in [0, 0.1) is 0 Å². The number of benzene rings is 1. The third-order valence-corrected chi connectivity index (χ3v) is 3.12. The molecule has 26 heavy (non-hydrogen) atoms. The van der Waals surface area contributed by atoms with E-state index in [9.17, 15) is 4.79 Å². The summed E-state index contributed by atoms with van der Waals surface area (Å²) >= 11 is 0. The second-order valence-electron chi connectivity index (χ2n) is 4.89. The van der Waals surface area contributed by atoms with Crippen LogP contribution in [-0.4, -0.2) is 53.9 Å². The average molecular weight is 366 g/mol. The van der Waals surface area contributed by atoms with Crippen molar-refractivity contribution in [2.75, 3.05) is 47.9 Å². The summed E-state index contributed by atoms with van der Waals surface area (Å²) in [6.45, 7) is 3.06. The summed E-state index contributed by atoms with van der Waals surface area (Å²) in [5.41, 5.74) is 0.819. The first kappa shape index (κ1) is 21.5. The van der Waals surface area contributed by atoms with Gasteiger partial charge in [-0.15, -0.1) is 0 Å². The van der Waals surface area contributed by atoms with Crippen molar-refractivity contribution in [3.8, 4) is 17.2 Å². The number of hydrogen-bond acceptors (Lipinski definition) is 7. The minimum Gasteiger partial charge on any atom is -0.493 e. The first-order chi connectivity index (χ1) is 12.7. The van der Waals surface area contributed by atoms with Gasteiger partial charge < -0.3 is 28.4 Å². The molecule has 0 fully saturated rings. The molecular weight excluding hydrogens is 340 g/mol. The minimum atomic E-state index is -0.385. The highest BCUT2D eigenvalue weighted by Crippen LogP contribution is 2.38. The molecule has 0 aliphatic rings. The summed E-state index contributed by atoms with van der Waals surface area (Å²) in [4.78, 5) is 11.2. The SMILES string of the molecule is CCOC(=O)C=CC=Cc1cc(OC)c(OCOCCOC)c(OC)c1. The Labute approximate surface area is 154 Å². The molecule has 0 heterocycles. The van der Waals surface area contributed by atoms with Crippen LogP contribution < -0.4 is 14.2 Å². The lowest BCUT2D eigenvalue weighted by Crippen LogP contribution is -2.09. The molecular formula is C19H26O7. The number of rotatable bonds is 12. The molecule has 0 spiro atoms. The van der Waals surface area contributed by atoms with Crippen LogP contribution in [0.3, 0.4) is 0 Å². The van der Waals surface area contributed by atoms with Gasteiger partial charge in [-0.1, -0.05) is 18.2 Å². The molecule has 0 saturated carbocycles. The van der Waals surface area contributed by atoms with Gasteiger partial charge in [-0.05, 0) is 24.6 Å². The monoisotopic (exact) mass is 366 g/mol. The van der Waals surface area contributed by atoms with Crippen LogP contribution in [0.1, 0.15) is 12.5 Å². The maximum Gasteiger partial charge on any atom is 0.330 e. The summed E-state index contributed by atoms with van der Waals surface area (Å²) in [6, 6.07) is 3.59. The van der Waals surface area contributed by atoms with E-state index in [4.69, 9.17) is 28.4 Å². The van der Waals surface area contributed by atoms with Crippen molar-refractivity contribution < 1.29 is 33.2 Å². The van der Waals surface area contributed by atoms with E-state index in [1.807, 2.05) is 0 Å².